The number of carbonyl (C=O) groups is 1. The van der Waals surface area contributed by atoms with Crippen molar-refractivity contribution in [3.63, 3.8) is 0 Å². The summed E-state index contributed by atoms with van der Waals surface area (Å²) in [6.45, 7) is 0. The fourth-order valence-electron chi connectivity index (χ4n) is 2.94. The highest BCUT2D eigenvalue weighted by Gasteiger charge is 2.27. The van der Waals surface area contributed by atoms with E-state index >= 15 is 0 Å². The van der Waals surface area contributed by atoms with Gasteiger partial charge in [-0.15, -0.1) is 0 Å². The minimum absolute atomic E-state index is 0.0116. The molecule has 0 unspecified atom stereocenters. The molecule has 1 aromatic heterocycles. The second-order valence-corrected chi connectivity index (χ2v) is 6.58. The highest BCUT2D eigenvalue weighted by atomic mass is 19.1. The lowest BCUT2D eigenvalue weighted by Crippen LogP contribution is -2.15. The number of benzene rings is 2. The van der Waals surface area contributed by atoms with E-state index in [4.69, 9.17) is 4.74 Å². The lowest BCUT2D eigenvalue weighted by molar-refractivity contribution is -0.115. The number of anilines is 1. The predicted molar refractivity (Wildman–Crippen MR) is 99.1 cm³/mol. The number of halogens is 1. The van der Waals surface area contributed by atoms with Crippen LogP contribution in [0.4, 0.5) is 10.1 Å². The molecule has 3 aromatic rings. The fraction of sp³-hybridized carbons (Fsp3) is 0.250. The number of methoxy groups -OCH3 is 1. The molecule has 0 radical (unpaired) electrons. The summed E-state index contributed by atoms with van der Waals surface area (Å²) in [6.07, 6.45) is 2.31. The minimum atomic E-state index is -0.406. The van der Waals surface area contributed by atoms with Crippen molar-refractivity contribution in [2.45, 2.75) is 25.2 Å². The average molecular weight is 366 g/mol. The van der Waals surface area contributed by atoms with Gasteiger partial charge in [-0.25, -0.2) is 9.37 Å². The molecule has 1 amide bonds. The summed E-state index contributed by atoms with van der Waals surface area (Å²) in [5.41, 5.74) is 1.94. The number of amides is 1. The Labute approximate surface area is 155 Å². The Bertz CT molecular complexity index is 982. The van der Waals surface area contributed by atoms with Gasteiger partial charge in [-0.05, 0) is 43.2 Å². The van der Waals surface area contributed by atoms with Gasteiger partial charge in [0.2, 0.25) is 5.91 Å². The molecule has 0 spiro atoms. The molecule has 0 saturated heterocycles. The van der Waals surface area contributed by atoms with Gasteiger partial charge in [0.25, 0.3) is 0 Å². The Balaban J connectivity index is 1.47. The monoisotopic (exact) mass is 366 g/mol. The van der Waals surface area contributed by atoms with Crippen molar-refractivity contribution < 1.29 is 13.9 Å². The molecule has 1 heterocycles. The molecule has 0 atom stereocenters. The van der Waals surface area contributed by atoms with Crippen molar-refractivity contribution in [3.05, 3.63) is 59.7 Å². The van der Waals surface area contributed by atoms with Crippen molar-refractivity contribution in [3.8, 4) is 17.1 Å². The number of aromatic nitrogens is 3. The maximum Gasteiger partial charge on any atom is 0.228 e. The summed E-state index contributed by atoms with van der Waals surface area (Å²) < 4.78 is 18.6. The fourth-order valence-corrected chi connectivity index (χ4v) is 2.94. The van der Waals surface area contributed by atoms with Gasteiger partial charge in [0, 0.05) is 22.7 Å². The van der Waals surface area contributed by atoms with E-state index in [9.17, 15) is 9.18 Å². The van der Waals surface area contributed by atoms with E-state index in [1.165, 1.54) is 25.3 Å². The van der Waals surface area contributed by atoms with E-state index in [1.807, 2.05) is 18.2 Å². The zero-order valence-corrected chi connectivity index (χ0v) is 14.8. The molecule has 6 nitrogen and oxygen atoms in total. The van der Waals surface area contributed by atoms with Crippen molar-refractivity contribution in [2.75, 3.05) is 12.4 Å². The first-order valence-corrected chi connectivity index (χ1v) is 8.77. The molecule has 4 rings (SSSR count). The van der Waals surface area contributed by atoms with Crippen molar-refractivity contribution >= 4 is 11.6 Å². The van der Waals surface area contributed by atoms with Crippen molar-refractivity contribution in [1.82, 2.24) is 15.2 Å². The Morgan fingerprint density at radius 3 is 2.93 bits per heavy atom. The molecule has 7 heteroatoms. The molecular weight excluding hydrogens is 347 g/mol. The Morgan fingerprint density at radius 2 is 2.15 bits per heavy atom. The van der Waals surface area contributed by atoms with Crippen LogP contribution in [0.5, 0.6) is 5.75 Å². The van der Waals surface area contributed by atoms with E-state index in [0.29, 0.717) is 28.7 Å². The smallest absolute Gasteiger partial charge is 0.228 e. The van der Waals surface area contributed by atoms with Gasteiger partial charge >= 0.3 is 0 Å². The largest absolute Gasteiger partial charge is 0.496 e. The third-order valence-corrected chi connectivity index (χ3v) is 4.46. The van der Waals surface area contributed by atoms with Gasteiger partial charge in [0.05, 0.1) is 13.5 Å². The molecule has 1 aliphatic carbocycles. The van der Waals surface area contributed by atoms with Crippen LogP contribution in [0.25, 0.3) is 11.4 Å². The van der Waals surface area contributed by atoms with Gasteiger partial charge in [-0.3, -0.25) is 9.89 Å². The normalized spacial score (nSPS) is 13.4. The summed E-state index contributed by atoms with van der Waals surface area (Å²) in [6, 6.07) is 11.5. The van der Waals surface area contributed by atoms with Crippen molar-refractivity contribution in [2.24, 2.45) is 0 Å². The third kappa shape index (κ3) is 3.97. The number of hydrogen-bond acceptors (Lipinski definition) is 4. The van der Waals surface area contributed by atoms with E-state index < -0.39 is 5.82 Å². The maximum absolute atomic E-state index is 13.5. The van der Waals surface area contributed by atoms with Crippen LogP contribution < -0.4 is 10.1 Å². The van der Waals surface area contributed by atoms with Crippen LogP contribution in [0.2, 0.25) is 0 Å². The van der Waals surface area contributed by atoms with Gasteiger partial charge in [0.15, 0.2) is 5.82 Å². The molecule has 138 valence electrons. The van der Waals surface area contributed by atoms with Crippen LogP contribution in [0.15, 0.2) is 42.5 Å². The van der Waals surface area contributed by atoms with Crippen LogP contribution in [0, 0.1) is 5.82 Å². The van der Waals surface area contributed by atoms with Crippen LogP contribution >= 0.6 is 0 Å². The van der Waals surface area contributed by atoms with Crippen molar-refractivity contribution in [1.29, 1.82) is 0 Å². The van der Waals surface area contributed by atoms with Crippen LogP contribution in [0.3, 0.4) is 0 Å². The quantitative estimate of drug-likeness (QED) is 0.697. The molecule has 27 heavy (non-hydrogen) atoms. The Hall–Kier alpha value is -3.22. The van der Waals surface area contributed by atoms with E-state index in [1.54, 1.807) is 6.07 Å². The highest BCUT2D eigenvalue weighted by Crippen LogP contribution is 2.38. The lowest BCUT2D eigenvalue weighted by Gasteiger charge is -2.10. The zero-order chi connectivity index (χ0) is 18.8. The van der Waals surface area contributed by atoms with Gasteiger partial charge in [-0.2, -0.15) is 5.10 Å². The standard InChI is InChI=1S/C20H19FN4O2/c1-27-17-8-7-15(21)9-14(17)11-18(26)22-16-4-2-3-13(10-16)20-23-19(24-25-20)12-5-6-12/h2-4,7-10,12H,5-6,11H2,1H3,(H,22,26)(H,23,24,25). The average Bonchev–Trinajstić information content (AvgIpc) is 3.39. The van der Waals surface area contributed by atoms with Gasteiger partial charge < -0.3 is 10.1 Å². The minimum Gasteiger partial charge on any atom is -0.496 e. The van der Waals surface area contributed by atoms with Crippen LogP contribution in [0.1, 0.15) is 30.1 Å². The molecule has 0 aliphatic heterocycles. The number of hydrogen-bond donors (Lipinski definition) is 2. The van der Waals surface area contributed by atoms with Crippen LogP contribution in [-0.2, 0) is 11.2 Å². The summed E-state index contributed by atoms with van der Waals surface area (Å²) in [4.78, 5) is 16.9. The second kappa shape index (κ2) is 7.19. The van der Waals surface area contributed by atoms with Crippen LogP contribution in [-0.4, -0.2) is 28.2 Å². The summed E-state index contributed by atoms with van der Waals surface area (Å²) in [7, 11) is 1.49. The van der Waals surface area contributed by atoms with E-state index in [-0.39, 0.29) is 12.3 Å². The number of nitrogens with one attached hydrogen (secondary N) is 2. The first kappa shape index (κ1) is 17.2. The summed E-state index contributed by atoms with van der Waals surface area (Å²) in [5, 5.41) is 10.1. The maximum atomic E-state index is 13.5. The second-order valence-electron chi connectivity index (χ2n) is 6.58. The molecule has 1 saturated carbocycles. The number of nitrogens with zero attached hydrogens (tertiary/aromatic N) is 2. The molecule has 1 fully saturated rings. The summed E-state index contributed by atoms with van der Waals surface area (Å²) in [5.74, 6) is 1.84. The number of rotatable bonds is 6. The molecule has 2 N–H and O–H groups in total. The van der Waals surface area contributed by atoms with Gasteiger partial charge in [-0.1, -0.05) is 12.1 Å². The molecular formula is C20H19FN4O2. The molecule has 1 aliphatic rings. The lowest BCUT2D eigenvalue weighted by atomic mass is 10.1. The number of carbonyl (C=O) groups excluding carboxylic acids is 1. The molecule has 0 bridgehead atoms. The predicted octanol–water partition coefficient (Wildman–Crippen LogP) is 3.68. The Morgan fingerprint density at radius 1 is 1.30 bits per heavy atom. The summed E-state index contributed by atoms with van der Waals surface area (Å²) >= 11 is 0. The first-order valence-electron chi connectivity index (χ1n) is 8.77. The highest BCUT2D eigenvalue weighted by molar-refractivity contribution is 5.93. The Kier molecular flexibility index (Phi) is 4.58. The number of ether oxygens (including phenoxy) is 1. The van der Waals surface area contributed by atoms with E-state index in [0.717, 1.165) is 24.2 Å². The third-order valence-electron chi connectivity index (χ3n) is 4.46. The topological polar surface area (TPSA) is 79.9 Å². The first-order chi connectivity index (χ1) is 13.1. The van der Waals surface area contributed by atoms with Gasteiger partial charge in [0.1, 0.15) is 17.4 Å². The number of aromatic amines is 1. The number of H-pyrrole nitrogens is 1. The zero-order valence-electron chi connectivity index (χ0n) is 14.8. The molecule has 2 aromatic carbocycles. The van der Waals surface area contributed by atoms with E-state index in [2.05, 4.69) is 20.5 Å². The SMILES string of the molecule is COc1ccc(F)cc1CC(=O)Nc1cccc(-c2n[nH]c(C3CC3)n2)c1.